The summed E-state index contributed by atoms with van der Waals surface area (Å²) in [6, 6.07) is 12.5. The van der Waals surface area contributed by atoms with Gasteiger partial charge in [-0.2, -0.15) is 0 Å². The molecule has 2 aromatic carbocycles. The maximum atomic E-state index is 12.3. The van der Waals surface area contributed by atoms with Crippen LogP contribution in [0.5, 0.6) is 11.5 Å². The Hall–Kier alpha value is -2.65. The van der Waals surface area contributed by atoms with Crippen molar-refractivity contribution in [2.75, 3.05) is 13.2 Å². The van der Waals surface area contributed by atoms with Crippen molar-refractivity contribution >= 4 is 45.1 Å². The average Bonchev–Trinajstić information content (AvgIpc) is 2.72. The molecule has 0 radical (unpaired) electrons. The first-order chi connectivity index (χ1) is 14.3. The molecule has 2 amide bonds. The molecule has 0 saturated heterocycles. The van der Waals surface area contributed by atoms with Crippen LogP contribution in [0.3, 0.4) is 0 Å². The van der Waals surface area contributed by atoms with Crippen LogP contribution in [-0.4, -0.2) is 30.1 Å². The van der Waals surface area contributed by atoms with Gasteiger partial charge in [-0.1, -0.05) is 26.0 Å². The molecule has 0 aliphatic rings. The highest BCUT2D eigenvalue weighted by molar-refractivity contribution is 9.10. The molecule has 0 spiro atoms. The second kappa shape index (κ2) is 11.5. The molecular formula is C21H24BrN3O4S. The highest BCUT2D eigenvalue weighted by Gasteiger charge is 2.11. The quantitative estimate of drug-likeness (QED) is 0.402. The Kier molecular flexibility index (Phi) is 9.07. The SMILES string of the molecule is CCOc1ccc(C(=O)NC(=S)NNC(=O)COc2ccc(C(C)C)cc2)cc1Br. The monoisotopic (exact) mass is 493 g/mol. The van der Waals surface area contributed by atoms with E-state index in [1.54, 1.807) is 18.2 Å². The zero-order valence-corrected chi connectivity index (χ0v) is 19.4. The number of ether oxygens (including phenoxy) is 2. The highest BCUT2D eigenvalue weighted by atomic mass is 79.9. The summed E-state index contributed by atoms with van der Waals surface area (Å²) in [5.41, 5.74) is 6.42. The van der Waals surface area contributed by atoms with E-state index in [0.717, 1.165) is 0 Å². The predicted octanol–water partition coefficient (Wildman–Crippen LogP) is 3.69. The van der Waals surface area contributed by atoms with Gasteiger partial charge in [-0.15, -0.1) is 0 Å². The lowest BCUT2D eigenvalue weighted by Crippen LogP contribution is -2.49. The third-order valence-corrected chi connectivity index (χ3v) is 4.78. The van der Waals surface area contributed by atoms with Gasteiger partial charge in [-0.05, 0) is 76.9 Å². The molecule has 9 heteroatoms. The maximum absolute atomic E-state index is 12.3. The minimum absolute atomic E-state index is 0.0420. The Balaban J connectivity index is 1.76. The van der Waals surface area contributed by atoms with E-state index in [-0.39, 0.29) is 11.7 Å². The summed E-state index contributed by atoms with van der Waals surface area (Å²) in [6.07, 6.45) is 0. The second-order valence-electron chi connectivity index (χ2n) is 6.55. The summed E-state index contributed by atoms with van der Waals surface area (Å²) in [5.74, 6) is 0.786. The van der Waals surface area contributed by atoms with Crippen LogP contribution in [0.1, 0.15) is 42.6 Å². The number of thiocarbonyl (C=S) groups is 1. The summed E-state index contributed by atoms with van der Waals surface area (Å²) in [5, 5.41) is 2.44. The van der Waals surface area contributed by atoms with Gasteiger partial charge in [-0.25, -0.2) is 0 Å². The molecule has 30 heavy (non-hydrogen) atoms. The van der Waals surface area contributed by atoms with Gasteiger partial charge in [0.15, 0.2) is 11.7 Å². The first kappa shape index (κ1) is 23.6. The van der Waals surface area contributed by atoms with Gasteiger partial charge in [0.05, 0.1) is 11.1 Å². The van der Waals surface area contributed by atoms with Crippen molar-refractivity contribution in [1.29, 1.82) is 0 Å². The Morgan fingerprint density at radius 3 is 2.37 bits per heavy atom. The second-order valence-corrected chi connectivity index (χ2v) is 7.81. The normalized spacial score (nSPS) is 10.3. The van der Waals surface area contributed by atoms with Crippen LogP contribution >= 0.6 is 28.1 Å². The molecular weight excluding hydrogens is 470 g/mol. The fourth-order valence-corrected chi connectivity index (χ4v) is 3.02. The number of benzene rings is 2. The number of hydrogen-bond donors (Lipinski definition) is 3. The number of carbonyl (C=O) groups is 2. The Morgan fingerprint density at radius 1 is 1.07 bits per heavy atom. The van der Waals surface area contributed by atoms with Crippen LogP contribution < -0.4 is 25.6 Å². The van der Waals surface area contributed by atoms with Gasteiger partial charge in [0, 0.05) is 5.56 Å². The standard InChI is InChI=1S/C21H24BrN3O4S/c1-4-28-18-10-7-15(11-17(18)22)20(27)23-21(30)25-24-19(26)12-29-16-8-5-14(6-9-16)13(2)3/h5-11,13H,4,12H2,1-3H3,(H,24,26)(H2,23,25,27,30). The minimum Gasteiger partial charge on any atom is -0.493 e. The van der Waals surface area contributed by atoms with E-state index in [9.17, 15) is 9.59 Å². The molecule has 160 valence electrons. The molecule has 3 N–H and O–H groups in total. The lowest BCUT2D eigenvalue weighted by molar-refractivity contribution is -0.123. The van der Waals surface area contributed by atoms with Gasteiger partial charge in [0.1, 0.15) is 11.5 Å². The van der Waals surface area contributed by atoms with Crippen molar-refractivity contribution in [1.82, 2.24) is 16.2 Å². The number of halogens is 1. The number of hydrazine groups is 1. The van der Waals surface area contributed by atoms with Crippen LogP contribution in [0, 0.1) is 0 Å². The van der Waals surface area contributed by atoms with Gasteiger partial charge in [-0.3, -0.25) is 25.8 Å². The summed E-state index contributed by atoms with van der Waals surface area (Å²) in [7, 11) is 0. The smallest absolute Gasteiger partial charge is 0.276 e. The van der Waals surface area contributed by atoms with Gasteiger partial charge < -0.3 is 9.47 Å². The summed E-state index contributed by atoms with van der Waals surface area (Å²) in [4.78, 5) is 24.2. The third kappa shape index (κ3) is 7.31. The number of amides is 2. The highest BCUT2D eigenvalue weighted by Crippen LogP contribution is 2.26. The van der Waals surface area contributed by atoms with E-state index in [1.807, 2.05) is 31.2 Å². The molecule has 0 aromatic heterocycles. The fraction of sp³-hybridized carbons (Fsp3) is 0.286. The van der Waals surface area contributed by atoms with Crippen LogP contribution in [0.15, 0.2) is 46.9 Å². The van der Waals surface area contributed by atoms with E-state index in [2.05, 4.69) is 45.9 Å². The van der Waals surface area contributed by atoms with Crippen LogP contribution in [0.4, 0.5) is 0 Å². The number of rotatable bonds is 7. The fourth-order valence-electron chi connectivity index (χ4n) is 2.38. The van der Waals surface area contributed by atoms with E-state index in [1.165, 1.54) is 5.56 Å². The van der Waals surface area contributed by atoms with Crippen LogP contribution in [0.2, 0.25) is 0 Å². The molecule has 0 unspecified atom stereocenters. The zero-order chi connectivity index (χ0) is 22.1. The lowest BCUT2D eigenvalue weighted by Gasteiger charge is -2.12. The molecule has 0 atom stereocenters. The molecule has 0 saturated carbocycles. The van der Waals surface area contributed by atoms with Gasteiger partial charge >= 0.3 is 0 Å². The van der Waals surface area contributed by atoms with E-state index >= 15 is 0 Å². The molecule has 0 heterocycles. The van der Waals surface area contributed by atoms with Gasteiger partial charge in [0.25, 0.3) is 11.8 Å². The summed E-state index contributed by atoms with van der Waals surface area (Å²) < 4.78 is 11.5. The van der Waals surface area contributed by atoms with Crippen molar-refractivity contribution in [3.8, 4) is 11.5 Å². The Morgan fingerprint density at radius 2 is 1.77 bits per heavy atom. The van der Waals surface area contributed by atoms with E-state index < -0.39 is 11.8 Å². The van der Waals surface area contributed by atoms with Crippen LogP contribution in [-0.2, 0) is 4.79 Å². The molecule has 0 aliphatic heterocycles. The van der Waals surface area contributed by atoms with Crippen molar-refractivity contribution in [2.24, 2.45) is 0 Å². The maximum Gasteiger partial charge on any atom is 0.276 e. The predicted molar refractivity (Wildman–Crippen MR) is 123 cm³/mol. The van der Waals surface area contributed by atoms with Gasteiger partial charge in [0.2, 0.25) is 0 Å². The molecule has 7 nitrogen and oxygen atoms in total. The first-order valence-corrected chi connectivity index (χ1v) is 10.6. The van der Waals surface area contributed by atoms with E-state index in [0.29, 0.717) is 34.1 Å². The topological polar surface area (TPSA) is 88.7 Å². The largest absolute Gasteiger partial charge is 0.493 e. The summed E-state index contributed by atoms with van der Waals surface area (Å²) in [6.45, 7) is 6.40. The molecule has 2 rings (SSSR count). The average molecular weight is 494 g/mol. The van der Waals surface area contributed by atoms with Crippen LogP contribution in [0.25, 0.3) is 0 Å². The number of hydrogen-bond acceptors (Lipinski definition) is 5. The van der Waals surface area contributed by atoms with Crippen molar-refractivity contribution in [2.45, 2.75) is 26.7 Å². The van der Waals surface area contributed by atoms with Crippen molar-refractivity contribution in [3.05, 3.63) is 58.1 Å². The summed E-state index contributed by atoms with van der Waals surface area (Å²) >= 11 is 8.39. The minimum atomic E-state index is -0.441. The Bertz CT molecular complexity index is 904. The van der Waals surface area contributed by atoms with E-state index in [4.69, 9.17) is 21.7 Å². The molecule has 0 bridgehead atoms. The lowest BCUT2D eigenvalue weighted by atomic mass is 10.0. The third-order valence-electron chi connectivity index (χ3n) is 3.95. The zero-order valence-electron chi connectivity index (χ0n) is 17.0. The first-order valence-electron chi connectivity index (χ1n) is 9.35. The molecule has 2 aromatic rings. The molecule has 0 aliphatic carbocycles. The number of carbonyl (C=O) groups excluding carboxylic acids is 2. The Labute approximate surface area is 189 Å². The molecule has 0 fully saturated rings. The van der Waals surface area contributed by atoms with Crippen molar-refractivity contribution in [3.63, 3.8) is 0 Å². The number of nitrogens with one attached hydrogen (secondary N) is 3. The van der Waals surface area contributed by atoms with Crippen molar-refractivity contribution < 1.29 is 19.1 Å².